The molecule has 3 rings (SSSR count). The van der Waals surface area contributed by atoms with E-state index in [9.17, 15) is 14.7 Å². The van der Waals surface area contributed by atoms with Crippen LogP contribution in [0.15, 0.2) is 48.5 Å². The second-order valence-corrected chi connectivity index (χ2v) is 9.04. The van der Waals surface area contributed by atoms with Gasteiger partial charge in [0.2, 0.25) is 0 Å². The highest BCUT2D eigenvalue weighted by Gasteiger charge is 2.53. The summed E-state index contributed by atoms with van der Waals surface area (Å²) in [6.07, 6.45) is 0.609. The number of carboxylic acids is 1. The first-order valence-corrected chi connectivity index (χ1v) is 10.7. The van der Waals surface area contributed by atoms with Gasteiger partial charge in [-0.25, -0.2) is 9.59 Å². The topological polar surface area (TPSA) is 75.6 Å². The zero-order valence-electron chi connectivity index (χ0n) is 16.9. The number of hydrogen-bond acceptors (Lipinski definition) is 3. The molecule has 0 radical (unpaired) electrons. The Balaban J connectivity index is 1.88. The number of rotatable bonds is 8. The summed E-state index contributed by atoms with van der Waals surface area (Å²) in [4.78, 5) is 24.2. The molecular formula is C23H25Cl2NO4. The number of halogens is 2. The first kappa shape index (κ1) is 22.4. The monoisotopic (exact) mass is 449 g/mol. The van der Waals surface area contributed by atoms with Crippen LogP contribution in [-0.4, -0.2) is 23.2 Å². The number of aliphatic carboxylic acids is 1. The quantitative estimate of drug-likeness (QED) is 0.518. The third-order valence-corrected chi connectivity index (χ3v) is 5.87. The molecule has 0 bridgehead atoms. The van der Waals surface area contributed by atoms with Crippen LogP contribution in [0.3, 0.4) is 0 Å². The maximum atomic E-state index is 12.7. The van der Waals surface area contributed by atoms with Gasteiger partial charge in [0.1, 0.15) is 12.1 Å². The fourth-order valence-electron chi connectivity index (χ4n) is 3.75. The lowest BCUT2D eigenvalue weighted by molar-refractivity contribution is -0.139. The largest absolute Gasteiger partial charge is 0.480 e. The summed E-state index contributed by atoms with van der Waals surface area (Å²) in [6, 6.07) is 13.7. The predicted octanol–water partition coefficient (Wildman–Crippen LogP) is 5.99. The molecule has 1 aliphatic rings. The van der Waals surface area contributed by atoms with Crippen molar-refractivity contribution >= 4 is 35.3 Å². The lowest BCUT2D eigenvalue weighted by Gasteiger charge is -2.29. The maximum absolute atomic E-state index is 12.7. The molecule has 1 saturated carbocycles. The van der Waals surface area contributed by atoms with E-state index in [0.29, 0.717) is 16.5 Å². The molecule has 2 N–H and O–H groups in total. The van der Waals surface area contributed by atoms with E-state index in [4.69, 9.17) is 27.9 Å². The summed E-state index contributed by atoms with van der Waals surface area (Å²) in [5.41, 5.74) is 1.37. The highest BCUT2D eigenvalue weighted by atomic mass is 35.5. The van der Waals surface area contributed by atoms with E-state index in [-0.39, 0.29) is 5.92 Å². The molecule has 1 aliphatic carbocycles. The predicted molar refractivity (Wildman–Crippen MR) is 117 cm³/mol. The molecule has 0 spiro atoms. The molecule has 5 nitrogen and oxygen atoms in total. The molecule has 1 fully saturated rings. The standard InChI is InChI=1S/C23H25Cl2NO4/c1-14(2)12-19(21(27)28)26-22(29)30-20(15-6-8-17(24)9-7-15)23(10-11-23)16-4-3-5-18(25)13-16/h3-9,13-14,19-20H,10-12H2,1-2H3,(H,26,29)(H,27,28)/t19-,20?/m0/s1. The molecule has 160 valence electrons. The van der Waals surface area contributed by atoms with E-state index in [1.54, 1.807) is 18.2 Å². The SMILES string of the molecule is CC(C)C[C@H](NC(=O)OC(c1ccc(Cl)cc1)C1(c2cccc(Cl)c2)CC1)C(=O)O. The summed E-state index contributed by atoms with van der Waals surface area (Å²) < 4.78 is 5.86. The van der Waals surface area contributed by atoms with Crippen molar-refractivity contribution in [1.82, 2.24) is 5.32 Å². The van der Waals surface area contributed by atoms with Crippen LogP contribution < -0.4 is 5.32 Å². The van der Waals surface area contributed by atoms with Crippen LogP contribution in [0, 0.1) is 5.92 Å². The van der Waals surface area contributed by atoms with Crippen molar-refractivity contribution < 1.29 is 19.4 Å². The van der Waals surface area contributed by atoms with Crippen LogP contribution in [0.2, 0.25) is 10.0 Å². The third kappa shape index (κ3) is 5.27. The zero-order valence-corrected chi connectivity index (χ0v) is 18.4. The second kappa shape index (κ2) is 9.27. The number of amides is 1. The van der Waals surface area contributed by atoms with Crippen molar-refractivity contribution in [3.05, 3.63) is 69.7 Å². The molecule has 30 heavy (non-hydrogen) atoms. The van der Waals surface area contributed by atoms with Crippen molar-refractivity contribution in [3.63, 3.8) is 0 Å². The van der Waals surface area contributed by atoms with E-state index in [1.807, 2.05) is 44.2 Å². The summed E-state index contributed by atoms with van der Waals surface area (Å²) in [5, 5.41) is 13.1. The Bertz CT molecular complexity index is 910. The molecule has 7 heteroatoms. The van der Waals surface area contributed by atoms with Gasteiger partial charge in [0.15, 0.2) is 0 Å². The minimum atomic E-state index is -1.08. The number of ether oxygens (including phenoxy) is 1. The lowest BCUT2D eigenvalue weighted by atomic mass is 9.86. The smallest absolute Gasteiger partial charge is 0.408 e. The van der Waals surface area contributed by atoms with Crippen molar-refractivity contribution in [2.45, 2.75) is 50.7 Å². The average Bonchev–Trinajstić information content (AvgIpc) is 3.48. The Kier molecular flexibility index (Phi) is 6.94. The Morgan fingerprint density at radius 2 is 1.77 bits per heavy atom. The number of carboxylic acid groups (broad SMARTS) is 1. The number of benzene rings is 2. The molecule has 1 amide bonds. The Labute approximate surface area is 186 Å². The van der Waals surface area contributed by atoms with Gasteiger partial charge in [0.25, 0.3) is 0 Å². The highest BCUT2D eigenvalue weighted by molar-refractivity contribution is 6.30. The minimum Gasteiger partial charge on any atom is -0.480 e. The molecule has 2 atom stereocenters. The Morgan fingerprint density at radius 3 is 2.30 bits per heavy atom. The molecule has 0 heterocycles. The highest BCUT2D eigenvalue weighted by Crippen LogP contribution is 2.58. The molecule has 0 aromatic heterocycles. The summed E-state index contributed by atoms with van der Waals surface area (Å²) in [6.45, 7) is 3.80. The van der Waals surface area contributed by atoms with Crippen LogP contribution >= 0.6 is 23.2 Å². The van der Waals surface area contributed by atoms with E-state index >= 15 is 0 Å². The molecule has 2 aromatic carbocycles. The molecule has 0 aliphatic heterocycles. The van der Waals surface area contributed by atoms with Crippen LogP contribution in [0.25, 0.3) is 0 Å². The van der Waals surface area contributed by atoms with Gasteiger partial charge in [0, 0.05) is 15.5 Å². The van der Waals surface area contributed by atoms with Crippen molar-refractivity contribution in [1.29, 1.82) is 0 Å². The van der Waals surface area contributed by atoms with E-state index < -0.39 is 29.6 Å². The molecule has 1 unspecified atom stereocenters. The first-order valence-electron chi connectivity index (χ1n) is 9.93. The average molecular weight is 450 g/mol. The molecular weight excluding hydrogens is 425 g/mol. The third-order valence-electron chi connectivity index (χ3n) is 5.39. The normalized spacial score (nSPS) is 16.6. The fraction of sp³-hybridized carbons (Fsp3) is 0.391. The Hall–Kier alpha value is -2.24. The van der Waals surface area contributed by atoms with E-state index in [1.165, 1.54) is 0 Å². The van der Waals surface area contributed by atoms with Gasteiger partial charge >= 0.3 is 12.1 Å². The van der Waals surface area contributed by atoms with Gasteiger partial charge in [0.05, 0.1) is 0 Å². The number of hydrogen-bond donors (Lipinski definition) is 2. The number of alkyl carbamates (subject to hydrolysis) is 1. The van der Waals surface area contributed by atoms with Gasteiger partial charge < -0.3 is 15.2 Å². The van der Waals surface area contributed by atoms with Crippen molar-refractivity contribution in [2.75, 3.05) is 0 Å². The first-order chi connectivity index (χ1) is 14.2. The van der Waals surface area contributed by atoms with Gasteiger partial charge in [-0.05, 0) is 60.6 Å². The van der Waals surface area contributed by atoms with Gasteiger partial charge in [-0.1, -0.05) is 61.3 Å². The number of nitrogens with one attached hydrogen (secondary N) is 1. The summed E-state index contributed by atoms with van der Waals surface area (Å²) in [5.74, 6) is -0.973. The van der Waals surface area contributed by atoms with Crippen molar-refractivity contribution in [2.24, 2.45) is 5.92 Å². The lowest BCUT2D eigenvalue weighted by Crippen LogP contribution is -2.43. The van der Waals surface area contributed by atoms with Crippen molar-refractivity contribution in [3.8, 4) is 0 Å². The van der Waals surface area contributed by atoms with Crippen LogP contribution in [-0.2, 0) is 14.9 Å². The number of carbonyl (C=O) groups is 2. The second-order valence-electron chi connectivity index (χ2n) is 8.17. The van der Waals surface area contributed by atoms with Gasteiger partial charge in [-0.3, -0.25) is 0 Å². The minimum absolute atomic E-state index is 0.111. The fourth-order valence-corrected chi connectivity index (χ4v) is 4.07. The summed E-state index contributed by atoms with van der Waals surface area (Å²) >= 11 is 12.2. The zero-order chi connectivity index (χ0) is 21.9. The number of carbonyl (C=O) groups excluding carboxylic acids is 1. The van der Waals surface area contributed by atoms with Crippen LogP contribution in [0.1, 0.15) is 50.3 Å². The van der Waals surface area contributed by atoms with Gasteiger partial charge in [-0.15, -0.1) is 0 Å². The Morgan fingerprint density at radius 1 is 1.10 bits per heavy atom. The maximum Gasteiger partial charge on any atom is 0.408 e. The molecule has 0 saturated heterocycles. The van der Waals surface area contributed by atoms with Gasteiger partial charge in [-0.2, -0.15) is 0 Å². The summed E-state index contributed by atoms with van der Waals surface area (Å²) in [7, 11) is 0. The van der Waals surface area contributed by atoms with E-state index in [2.05, 4.69) is 5.32 Å². The van der Waals surface area contributed by atoms with Crippen LogP contribution in [0.5, 0.6) is 0 Å². The molecule has 2 aromatic rings. The van der Waals surface area contributed by atoms with E-state index in [0.717, 1.165) is 24.0 Å². The van der Waals surface area contributed by atoms with Crippen LogP contribution in [0.4, 0.5) is 4.79 Å².